The molecule has 1 N–H and O–H groups in total. The molecule has 1 fully saturated rings. The van der Waals surface area contributed by atoms with Gasteiger partial charge in [-0.1, -0.05) is 0 Å². The zero-order valence-corrected chi connectivity index (χ0v) is 28.0. The van der Waals surface area contributed by atoms with Gasteiger partial charge in [0.1, 0.15) is 0 Å². The molecule has 218 valence electrons. The molecular formula is C36H55N2P2+. The molecule has 4 rings (SSSR count). The Morgan fingerprint density at radius 3 is 1.70 bits per heavy atom. The Morgan fingerprint density at radius 1 is 0.700 bits per heavy atom. The van der Waals surface area contributed by atoms with Crippen LogP contribution in [0.1, 0.15) is 59.8 Å². The van der Waals surface area contributed by atoms with Crippen LogP contribution in [0.25, 0.3) is 0 Å². The molecular weight excluding hydrogens is 522 g/mol. The van der Waals surface area contributed by atoms with E-state index in [9.17, 15) is 0 Å². The van der Waals surface area contributed by atoms with Gasteiger partial charge in [0, 0.05) is 0 Å². The molecule has 2 nitrogen and oxygen atoms in total. The van der Waals surface area contributed by atoms with Crippen molar-refractivity contribution in [3.63, 3.8) is 0 Å². The van der Waals surface area contributed by atoms with Gasteiger partial charge >= 0.3 is 249 Å². The molecule has 3 aromatic rings. The van der Waals surface area contributed by atoms with Gasteiger partial charge in [-0.3, -0.25) is 0 Å². The SMILES string of the molecule is CC1(C)CC([N+](C)(C)CCCC[PH](CCCPc2ccccc2)(c2ccccc2)c2ccccc2)CC(C)(C)N1. The van der Waals surface area contributed by atoms with Gasteiger partial charge < -0.3 is 0 Å². The van der Waals surface area contributed by atoms with E-state index in [-0.39, 0.29) is 11.1 Å². The first-order valence-electron chi connectivity index (χ1n) is 15.5. The van der Waals surface area contributed by atoms with E-state index in [0.717, 1.165) is 13.1 Å². The number of piperidine rings is 1. The summed E-state index contributed by atoms with van der Waals surface area (Å²) in [6, 6.07) is 35.0. The van der Waals surface area contributed by atoms with Crippen LogP contribution in [0.3, 0.4) is 0 Å². The van der Waals surface area contributed by atoms with E-state index in [2.05, 4.69) is 138 Å². The van der Waals surface area contributed by atoms with Crippen LogP contribution in [0.5, 0.6) is 0 Å². The second kappa shape index (κ2) is 13.6. The average molecular weight is 578 g/mol. The van der Waals surface area contributed by atoms with Crippen molar-refractivity contribution in [2.75, 3.05) is 39.1 Å². The van der Waals surface area contributed by atoms with Gasteiger partial charge in [0.15, 0.2) is 0 Å². The molecule has 1 atom stereocenters. The number of unbranched alkanes of at least 4 members (excludes halogenated alkanes) is 1. The Morgan fingerprint density at radius 2 is 1.18 bits per heavy atom. The molecule has 1 unspecified atom stereocenters. The van der Waals surface area contributed by atoms with Crippen molar-refractivity contribution in [3.05, 3.63) is 91.0 Å². The minimum absolute atomic E-state index is 0.199. The van der Waals surface area contributed by atoms with Crippen molar-refractivity contribution < 1.29 is 4.48 Å². The Kier molecular flexibility index (Phi) is 10.7. The zero-order valence-electron chi connectivity index (χ0n) is 26.0. The van der Waals surface area contributed by atoms with E-state index in [1.807, 2.05) is 0 Å². The molecule has 0 amide bonds. The van der Waals surface area contributed by atoms with E-state index in [4.69, 9.17) is 0 Å². The molecule has 40 heavy (non-hydrogen) atoms. The number of nitrogens with zero attached hydrogens (tertiary/aromatic N) is 1. The summed E-state index contributed by atoms with van der Waals surface area (Å²) >= 11 is 0. The van der Waals surface area contributed by atoms with Crippen molar-refractivity contribution in [1.82, 2.24) is 5.32 Å². The standard InChI is InChI=1S/C36H55N2P2/c1-35(2)29-31(30-36(3,4)37-35)38(5,6)25-16-17-27-40(33-21-12-8-13-22-33,34-23-14-9-15-24-34)28-18-26-39-32-19-10-7-11-20-32/h7-15,19-24,31,37,39-40H,16-18,25-30H2,1-6H3/q+1. The third-order valence-corrected chi connectivity index (χ3v) is 15.9. The predicted octanol–water partition coefficient (Wildman–Crippen LogP) is 6.95. The fourth-order valence-corrected chi connectivity index (χ4v) is 13.9. The second-order valence-corrected chi connectivity index (χ2v) is 19.9. The van der Waals surface area contributed by atoms with E-state index < -0.39 is 7.26 Å². The number of rotatable bonds is 13. The molecule has 1 heterocycles. The van der Waals surface area contributed by atoms with Gasteiger partial charge in [-0.25, -0.2) is 0 Å². The minimum atomic E-state index is -1.88. The predicted molar refractivity (Wildman–Crippen MR) is 185 cm³/mol. The van der Waals surface area contributed by atoms with E-state index >= 15 is 0 Å². The number of quaternary nitrogens is 1. The monoisotopic (exact) mass is 577 g/mol. The Hall–Kier alpha value is -1.56. The van der Waals surface area contributed by atoms with Crippen molar-refractivity contribution in [3.8, 4) is 0 Å². The maximum absolute atomic E-state index is 3.89. The molecule has 0 bridgehead atoms. The van der Waals surface area contributed by atoms with Crippen molar-refractivity contribution >= 4 is 31.8 Å². The molecule has 0 radical (unpaired) electrons. The quantitative estimate of drug-likeness (QED) is 0.132. The summed E-state index contributed by atoms with van der Waals surface area (Å²) in [6.07, 6.45) is 10.4. The van der Waals surface area contributed by atoms with Crippen LogP contribution in [0, 0.1) is 0 Å². The van der Waals surface area contributed by atoms with Crippen molar-refractivity contribution in [2.24, 2.45) is 0 Å². The first kappa shape index (κ1) is 31.4. The number of benzene rings is 3. The molecule has 1 aliphatic heterocycles. The summed E-state index contributed by atoms with van der Waals surface area (Å²) in [5.41, 5.74) is 0.399. The summed E-state index contributed by atoms with van der Waals surface area (Å²) < 4.78 is 1.14. The number of hydrogen-bond donors (Lipinski definition) is 1. The average Bonchev–Trinajstić information content (AvgIpc) is 2.92. The molecule has 1 saturated heterocycles. The van der Waals surface area contributed by atoms with E-state index in [0.29, 0.717) is 6.04 Å². The van der Waals surface area contributed by atoms with Gasteiger partial charge in [-0.2, -0.15) is 0 Å². The Labute approximate surface area is 248 Å². The fraction of sp³-hybridized carbons (Fsp3) is 0.500. The van der Waals surface area contributed by atoms with Gasteiger partial charge in [0.25, 0.3) is 0 Å². The molecule has 4 heteroatoms. The molecule has 3 aromatic carbocycles. The Balaban J connectivity index is 1.48. The molecule has 1 aliphatic rings. The number of nitrogens with one attached hydrogen (secondary N) is 1. The molecule has 0 saturated carbocycles. The van der Waals surface area contributed by atoms with Gasteiger partial charge in [-0.15, -0.1) is 0 Å². The summed E-state index contributed by atoms with van der Waals surface area (Å²) in [6.45, 7) is 10.8. The van der Waals surface area contributed by atoms with Crippen LogP contribution < -0.4 is 21.2 Å². The first-order chi connectivity index (χ1) is 19.0. The van der Waals surface area contributed by atoms with Crippen molar-refractivity contribution in [2.45, 2.75) is 76.9 Å². The van der Waals surface area contributed by atoms with Crippen LogP contribution in [0.2, 0.25) is 0 Å². The normalized spacial score (nSPS) is 18.2. The zero-order chi connectivity index (χ0) is 28.7. The second-order valence-electron chi connectivity index (χ2n) is 14.1. The van der Waals surface area contributed by atoms with Crippen LogP contribution in [0.15, 0.2) is 91.0 Å². The van der Waals surface area contributed by atoms with Crippen LogP contribution in [-0.2, 0) is 0 Å². The number of hydrogen-bond acceptors (Lipinski definition) is 1. The van der Waals surface area contributed by atoms with Crippen LogP contribution in [0.4, 0.5) is 0 Å². The Bertz CT molecular complexity index is 1100. The third-order valence-electron chi connectivity index (χ3n) is 9.28. The molecule has 0 spiro atoms. The van der Waals surface area contributed by atoms with Crippen molar-refractivity contribution in [1.29, 1.82) is 0 Å². The fourth-order valence-electron chi connectivity index (χ4n) is 7.45. The van der Waals surface area contributed by atoms with Crippen LogP contribution in [-0.4, -0.2) is 60.7 Å². The first-order valence-corrected chi connectivity index (χ1v) is 19.2. The summed E-state index contributed by atoms with van der Waals surface area (Å²) in [5.74, 6) is 0. The summed E-state index contributed by atoms with van der Waals surface area (Å²) in [7, 11) is 4.01. The summed E-state index contributed by atoms with van der Waals surface area (Å²) in [4.78, 5) is 0. The van der Waals surface area contributed by atoms with E-state index in [1.54, 1.807) is 10.6 Å². The maximum atomic E-state index is 3.89. The van der Waals surface area contributed by atoms with E-state index in [1.165, 1.54) is 62.4 Å². The molecule has 0 aliphatic carbocycles. The third kappa shape index (κ3) is 8.49. The van der Waals surface area contributed by atoms with Crippen LogP contribution >= 0.6 is 15.8 Å². The van der Waals surface area contributed by atoms with Gasteiger partial charge in [-0.05, 0) is 0 Å². The van der Waals surface area contributed by atoms with Gasteiger partial charge in [0.05, 0.1) is 0 Å². The van der Waals surface area contributed by atoms with Gasteiger partial charge in [0.2, 0.25) is 0 Å². The molecule has 0 aromatic heterocycles. The topological polar surface area (TPSA) is 12.0 Å². The summed E-state index contributed by atoms with van der Waals surface area (Å²) in [5, 5.41) is 8.64.